The van der Waals surface area contributed by atoms with Gasteiger partial charge in [0.2, 0.25) is 0 Å². The molecule has 0 fully saturated rings. The van der Waals surface area contributed by atoms with Gasteiger partial charge in [-0.05, 0) is 24.6 Å². The maximum atomic E-state index is 8.82. The minimum atomic E-state index is 0.340. The third-order valence-corrected chi connectivity index (χ3v) is 2.48. The van der Waals surface area contributed by atoms with Crippen molar-refractivity contribution in [2.24, 2.45) is 7.05 Å². The number of nitrogens with zero attached hydrogens (tertiary/aromatic N) is 4. The number of aryl methyl sites for hydroxylation is 2. The Hall–Kier alpha value is -2.35. The fourth-order valence-corrected chi connectivity index (χ4v) is 1.42. The standard InChI is InChI=1S/C12H12N4O/c1-9-3-4-10(6-13)5-11(9)17-7-12-14-8-15-16(12)2/h3-5,8H,7H2,1-2H3. The molecule has 0 saturated carbocycles. The summed E-state index contributed by atoms with van der Waals surface area (Å²) in [5.74, 6) is 1.44. The number of ether oxygens (including phenoxy) is 1. The van der Waals surface area contributed by atoms with Crippen LogP contribution in [0.3, 0.4) is 0 Å². The van der Waals surface area contributed by atoms with Gasteiger partial charge >= 0.3 is 0 Å². The van der Waals surface area contributed by atoms with Gasteiger partial charge in [0.1, 0.15) is 18.7 Å². The summed E-state index contributed by atoms with van der Waals surface area (Å²) >= 11 is 0. The van der Waals surface area contributed by atoms with Gasteiger partial charge in [0.05, 0.1) is 11.6 Å². The number of aromatic nitrogens is 3. The second kappa shape index (κ2) is 4.66. The van der Waals surface area contributed by atoms with Gasteiger partial charge in [-0.3, -0.25) is 4.68 Å². The average molecular weight is 228 g/mol. The summed E-state index contributed by atoms with van der Waals surface area (Å²) in [6.45, 7) is 2.28. The van der Waals surface area contributed by atoms with E-state index in [4.69, 9.17) is 10.00 Å². The molecule has 5 nitrogen and oxygen atoms in total. The van der Waals surface area contributed by atoms with E-state index in [9.17, 15) is 0 Å². The number of rotatable bonds is 3. The Kier molecular flexibility index (Phi) is 3.06. The highest BCUT2D eigenvalue weighted by atomic mass is 16.5. The molecule has 0 aliphatic rings. The van der Waals surface area contributed by atoms with Crippen molar-refractivity contribution in [1.82, 2.24) is 14.8 Å². The van der Waals surface area contributed by atoms with Gasteiger partial charge in [0.25, 0.3) is 0 Å². The predicted octanol–water partition coefficient (Wildman–Crippen LogP) is 1.57. The monoisotopic (exact) mass is 228 g/mol. The lowest BCUT2D eigenvalue weighted by molar-refractivity contribution is 0.288. The predicted molar refractivity (Wildman–Crippen MR) is 61.2 cm³/mol. The van der Waals surface area contributed by atoms with Crippen molar-refractivity contribution in [1.29, 1.82) is 5.26 Å². The third-order valence-electron chi connectivity index (χ3n) is 2.48. The first-order valence-electron chi connectivity index (χ1n) is 5.17. The normalized spacial score (nSPS) is 9.94. The van der Waals surface area contributed by atoms with Gasteiger partial charge in [-0.25, -0.2) is 4.98 Å². The maximum Gasteiger partial charge on any atom is 0.164 e. The second-order valence-electron chi connectivity index (χ2n) is 3.68. The van der Waals surface area contributed by atoms with Crippen LogP contribution in [0.4, 0.5) is 0 Å². The highest BCUT2D eigenvalue weighted by molar-refractivity contribution is 5.41. The van der Waals surface area contributed by atoms with E-state index in [2.05, 4.69) is 16.2 Å². The average Bonchev–Trinajstić information content (AvgIpc) is 2.74. The van der Waals surface area contributed by atoms with Gasteiger partial charge in [-0.2, -0.15) is 10.4 Å². The highest BCUT2D eigenvalue weighted by Gasteiger charge is 2.05. The number of hydrogen-bond acceptors (Lipinski definition) is 4. The van der Waals surface area contributed by atoms with E-state index in [0.717, 1.165) is 11.4 Å². The van der Waals surface area contributed by atoms with Gasteiger partial charge in [-0.1, -0.05) is 6.07 Å². The minimum Gasteiger partial charge on any atom is -0.485 e. The lowest BCUT2D eigenvalue weighted by Crippen LogP contribution is -2.05. The number of nitriles is 1. The molecule has 0 saturated heterocycles. The summed E-state index contributed by atoms with van der Waals surface area (Å²) in [5.41, 5.74) is 1.58. The summed E-state index contributed by atoms with van der Waals surface area (Å²) in [4.78, 5) is 4.06. The van der Waals surface area contributed by atoms with Crippen molar-refractivity contribution < 1.29 is 4.74 Å². The lowest BCUT2D eigenvalue weighted by atomic mass is 10.1. The van der Waals surface area contributed by atoms with Crippen LogP contribution in [0.5, 0.6) is 5.75 Å². The summed E-state index contributed by atoms with van der Waals surface area (Å²) in [7, 11) is 1.81. The van der Waals surface area contributed by atoms with Gasteiger partial charge in [0.15, 0.2) is 5.82 Å². The summed E-state index contributed by atoms with van der Waals surface area (Å²) < 4.78 is 7.29. The van der Waals surface area contributed by atoms with E-state index in [1.807, 2.05) is 20.0 Å². The van der Waals surface area contributed by atoms with Crippen LogP contribution in [-0.2, 0) is 13.7 Å². The molecular formula is C12H12N4O. The topological polar surface area (TPSA) is 63.7 Å². The Balaban J connectivity index is 2.14. The molecule has 0 aliphatic carbocycles. The molecule has 2 rings (SSSR count). The molecule has 1 aromatic carbocycles. The number of benzene rings is 1. The Morgan fingerprint density at radius 1 is 1.47 bits per heavy atom. The Morgan fingerprint density at radius 2 is 2.29 bits per heavy atom. The van der Waals surface area contributed by atoms with Crippen LogP contribution >= 0.6 is 0 Å². The summed E-state index contributed by atoms with van der Waals surface area (Å²) in [5, 5.41) is 12.8. The van der Waals surface area contributed by atoms with Crippen LogP contribution in [0.2, 0.25) is 0 Å². The summed E-state index contributed by atoms with van der Waals surface area (Å²) in [6, 6.07) is 7.45. The van der Waals surface area contributed by atoms with Crippen molar-refractivity contribution in [3.05, 3.63) is 41.5 Å². The zero-order chi connectivity index (χ0) is 12.3. The molecule has 1 heterocycles. The lowest BCUT2D eigenvalue weighted by Gasteiger charge is -2.08. The molecule has 0 spiro atoms. The quantitative estimate of drug-likeness (QED) is 0.800. The molecule has 0 N–H and O–H groups in total. The van der Waals surface area contributed by atoms with E-state index in [-0.39, 0.29) is 0 Å². The Bertz CT molecular complexity index is 568. The van der Waals surface area contributed by atoms with Crippen LogP contribution in [0, 0.1) is 18.3 Å². The van der Waals surface area contributed by atoms with Crippen LogP contribution < -0.4 is 4.74 Å². The van der Waals surface area contributed by atoms with Crippen LogP contribution in [0.15, 0.2) is 24.5 Å². The molecule has 5 heteroatoms. The third kappa shape index (κ3) is 2.42. The molecule has 0 atom stereocenters. The minimum absolute atomic E-state index is 0.340. The molecule has 17 heavy (non-hydrogen) atoms. The first-order chi connectivity index (χ1) is 8.20. The van der Waals surface area contributed by atoms with Crippen molar-refractivity contribution in [3.8, 4) is 11.8 Å². The second-order valence-corrected chi connectivity index (χ2v) is 3.68. The maximum absolute atomic E-state index is 8.82. The van der Waals surface area contributed by atoms with Gasteiger partial charge < -0.3 is 4.74 Å². The van der Waals surface area contributed by atoms with Crippen LogP contribution in [-0.4, -0.2) is 14.8 Å². The zero-order valence-electron chi connectivity index (χ0n) is 9.71. The van der Waals surface area contributed by atoms with Crippen molar-refractivity contribution in [2.75, 3.05) is 0 Å². The molecule has 0 aliphatic heterocycles. The zero-order valence-corrected chi connectivity index (χ0v) is 9.71. The molecule has 1 aromatic heterocycles. The first kappa shape index (κ1) is 11.1. The van der Waals surface area contributed by atoms with Crippen molar-refractivity contribution in [3.63, 3.8) is 0 Å². The molecule has 0 unspecified atom stereocenters. The molecule has 0 amide bonds. The van der Waals surface area contributed by atoms with Gasteiger partial charge in [0, 0.05) is 7.05 Å². The fourth-order valence-electron chi connectivity index (χ4n) is 1.42. The highest BCUT2D eigenvalue weighted by Crippen LogP contribution is 2.20. The molecule has 0 bridgehead atoms. The van der Waals surface area contributed by atoms with Crippen LogP contribution in [0.1, 0.15) is 17.0 Å². The van der Waals surface area contributed by atoms with Crippen molar-refractivity contribution in [2.45, 2.75) is 13.5 Å². The summed E-state index contributed by atoms with van der Waals surface area (Å²) in [6.07, 6.45) is 1.48. The molecule has 0 radical (unpaired) electrons. The molecule has 2 aromatic rings. The Morgan fingerprint density at radius 3 is 2.94 bits per heavy atom. The Labute approximate surface area is 99.3 Å². The van der Waals surface area contributed by atoms with Crippen molar-refractivity contribution >= 4 is 0 Å². The smallest absolute Gasteiger partial charge is 0.164 e. The van der Waals surface area contributed by atoms with E-state index >= 15 is 0 Å². The van der Waals surface area contributed by atoms with E-state index in [1.165, 1.54) is 6.33 Å². The number of hydrogen-bond donors (Lipinski definition) is 0. The van der Waals surface area contributed by atoms with Gasteiger partial charge in [-0.15, -0.1) is 0 Å². The van der Waals surface area contributed by atoms with E-state index in [1.54, 1.807) is 16.8 Å². The fraction of sp³-hybridized carbons (Fsp3) is 0.250. The first-order valence-corrected chi connectivity index (χ1v) is 5.17. The molecule has 86 valence electrons. The van der Waals surface area contributed by atoms with E-state index < -0.39 is 0 Å². The van der Waals surface area contributed by atoms with E-state index in [0.29, 0.717) is 17.9 Å². The largest absolute Gasteiger partial charge is 0.485 e. The van der Waals surface area contributed by atoms with Crippen LogP contribution in [0.25, 0.3) is 0 Å². The SMILES string of the molecule is Cc1ccc(C#N)cc1OCc1ncnn1C. The molecular weight excluding hydrogens is 216 g/mol.